The SMILES string of the molecule is CCOCCCn1cnc2scc(-c3ccc(Cl)cc3)c2c1=O. The van der Waals surface area contributed by atoms with E-state index >= 15 is 0 Å². The molecule has 0 bridgehead atoms. The number of rotatable bonds is 6. The average molecular weight is 349 g/mol. The summed E-state index contributed by atoms with van der Waals surface area (Å²) >= 11 is 7.43. The van der Waals surface area contributed by atoms with Gasteiger partial charge in [0.15, 0.2) is 0 Å². The number of hydrogen-bond acceptors (Lipinski definition) is 4. The second-order valence-corrected chi connectivity index (χ2v) is 6.42. The highest BCUT2D eigenvalue weighted by Crippen LogP contribution is 2.31. The Bertz CT molecular complexity index is 855. The molecule has 0 aliphatic carbocycles. The van der Waals surface area contributed by atoms with E-state index in [9.17, 15) is 4.79 Å². The Morgan fingerprint density at radius 1 is 1.30 bits per heavy atom. The van der Waals surface area contributed by atoms with Crippen molar-refractivity contribution in [2.24, 2.45) is 0 Å². The monoisotopic (exact) mass is 348 g/mol. The minimum absolute atomic E-state index is 0.00213. The molecule has 1 aromatic carbocycles. The molecule has 6 heteroatoms. The summed E-state index contributed by atoms with van der Waals surface area (Å²) < 4.78 is 6.99. The summed E-state index contributed by atoms with van der Waals surface area (Å²) in [7, 11) is 0. The van der Waals surface area contributed by atoms with Gasteiger partial charge in [-0.1, -0.05) is 23.7 Å². The van der Waals surface area contributed by atoms with Gasteiger partial charge in [0.05, 0.1) is 11.7 Å². The van der Waals surface area contributed by atoms with Crippen LogP contribution in [-0.2, 0) is 11.3 Å². The van der Waals surface area contributed by atoms with Gasteiger partial charge in [0, 0.05) is 35.7 Å². The maximum Gasteiger partial charge on any atom is 0.262 e. The van der Waals surface area contributed by atoms with E-state index in [2.05, 4.69) is 4.98 Å². The maximum absolute atomic E-state index is 12.8. The summed E-state index contributed by atoms with van der Waals surface area (Å²) in [4.78, 5) is 18.0. The van der Waals surface area contributed by atoms with Crippen molar-refractivity contribution in [1.29, 1.82) is 0 Å². The van der Waals surface area contributed by atoms with E-state index in [1.807, 2.05) is 36.6 Å². The lowest BCUT2D eigenvalue weighted by atomic mass is 10.1. The van der Waals surface area contributed by atoms with Crippen LogP contribution in [0.5, 0.6) is 0 Å². The molecule has 3 aromatic rings. The Morgan fingerprint density at radius 2 is 2.09 bits per heavy atom. The van der Waals surface area contributed by atoms with Gasteiger partial charge in [-0.2, -0.15) is 0 Å². The van der Waals surface area contributed by atoms with Crippen LogP contribution in [-0.4, -0.2) is 22.8 Å². The standard InChI is InChI=1S/C17H17ClN2O2S/c1-2-22-9-3-8-20-11-19-16-15(17(20)21)14(10-23-16)12-4-6-13(18)7-5-12/h4-7,10-11H,2-3,8-9H2,1H3. The van der Waals surface area contributed by atoms with Crippen LogP contribution in [0.4, 0.5) is 0 Å². The molecule has 120 valence electrons. The second-order valence-electron chi connectivity index (χ2n) is 5.13. The van der Waals surface area contributed by atoms with Crippen LogP contribution in [0.3, 0.4) is 0 Å². The zero-order valence-electron chi connectivity index (χ0n) is 12.8. The summed E-state index contributed by atoms with van der Waals surface area (Å²) in [5.41, 5.74) is 1.89. The van der Waals surface area contributed by atoms with Gasteiger partial charge in [0.1, 0.15) is 4.83 Å². The van der Waals surface area contributed by atoms with Crippen molar-refractivity contribution in [2.45, 2.75) is 19.9 Å². The molecule has 0 amide bonds. The summed E-state index contributed by atoms with van der Waals surface area (Å²) in [6.45, 7) is 3.91. The van der Waals surface area contributed by atoms with E-state index < -0.39 is 0 Å². The van der Waals surface area contributed by atoms with Crippen LogP contribution in [0, 0.1) is 0 Å². The quantitative estimate of drug-likeness (QED) is 0.627. The number of fused-ring (bicyclic) bond motifs is 1. The first-order valence-electron chi connectivity index (χ1n) is 7.51. The summed E-state index contributed by atoms with van der Waals surface area (Å²) in [6, 6.07) is 7.51. The molecule has 0 radical (unpaired) electrons. The number of benzene rings is 1. The minimum Gasteiger partial charge on any atom is -0.382 e. The number of thiophene rings is 1. The minimum atomic E-state index is -0.00213. The predicted octanol–water partition coefficient (Wildman–Crippen LogP) is 4.21. The number of ether oxygens (including phenoxy) is 1. The van der Waals surface area contributed by atoms with Gasteiger partial charge in [-0.15, -0.1) is 11.3 Å². The number of nitrogens with zero attached hydrogens (tertiary/aromatic N) is 2. The van der Waals surface area contributed by atoms with Gasteiger partial charge in [-0.05, 0) is 31.0 Å². The van der Waals surface area contributed by atoms with E-state index in [1.54, 1.807) is 10.9 Å². The van der Waals surface area contributed by atoms with Gasteiger partial charge in [0.25, 0.3) is 5.56 Å². The van der Waals surface area contributed by atoms with E-state index in [1.165, 1.54) is 11.3 Å². The van der Waals surface area contributed by atoms with Gasteiger partial charge in [-0.25, -0.2) is 4.98 Å². The molecule has 0 N–H and O–H groups in total. The molecule has 0 unspecified atom stereocenters. The van der Waals surface area contributed by atoms with Crippen LogP contribution < -0.4 is 5.56 Å². The molecule has 23 heavy (non-hydrogen) atoms. The lowest BCUT2D eigenvalue weighted by Crippen LogP contribution is -2.21. The molecular formula is C17H17ClN2O2S. The van der Waals surface area contributed by atoms with Crippen LogP contribution in [0.15, 0.2) is 40.8 Å². The molecule has 0 fully saturated rings. The molecule has 0 saturated heterocycles. The average Bonchev–Trinajstić information content (AvgIpc) is 2.99. The third-order valence-corrected chi connectivity index (χ3v) is 4.75. The van der Waals surface area contributed by atoms with Crippen molar-refractivity contribution in [3.05, 3.63) is 51.3 Å². The van der Waals surface area contributed by atoms with Crippen LogP contribution in [0.2, 0.25) is 5.02 Å². The maximum atomic E-state index is 12.8. The number of aryl methyl sites for hydroxylation is 1. The third-order valence-electron chi connectivity index (χ3n) is 3.61. The van der Waals surface area contributed by atoms with Crippen molar-refractivity contribution >= 4 is 33.2 Å². The number of aromatic nitrogens is 2. The van der Waals surface area contributed by atoms with Gasteiger partial charge < -0.3 is 4.74 Å². The van der Waals surface area contributed by atoms with Crippen molar-refractivity contribution in [3.8, 4) is 11.1 Å². The fourth-order valence-electron chi connectivity index (χ4n) is 2.45. The Morgan fingerprint density at radius 3 is 2.83 bits per heavy atom. The highest BCUT2D eigenvalue weighted by Gasteiger charge is 2.13. The Hall–Kier alpha value is -1.69. The van der Waals surface area contributed by atoms with Crippen molar-refractivity contribution in [1.82, 2.24) is 9.55 Å². The first kappa shape index (κ1) is 16.2. The summed E-state index contributed by atoms with van der Waals surface area (Å²) in [5.74, 6) is 0. The van der Waals surface area contributed by atoms with Crippen LogP contribution in [0.1, 0.15) is 13.3 Å². The fourth-order valence-corrected chi connectivity index (χ4v) is 3.48. The predicted molar refractivity (Wildman–Crippen MR) is 95.4 cm³/mol. The highest BCUT2D eigenvalue weighted by atomic mass is 35.5. The first-order valence-corrected chi connectivity index (χ1v) is 8.76. The van der Waals surface area contributed by atoms with E-state index in [-0.39, 0.29) is 5.56 Å². The van der Waals surface area contributed by atoms with E-state index in [0.717, 1.165) is 22.4 Å². The molecule has 2 aromatic heterocycles. The molecule has 3 rings (SSSR count). The highest BCUT2D eigenvalue weighted by molar-refractivity contribution is 7.17. The zero-order valence-corrected chi connectivity index (χ0v) is 14.4. The van der Waals surface area contributed by atoms with Gasteiger partial charge in [0.2, 0.25) is 0 Å². The normalized spacial score (nSPS) is 11.2. The van der Waals surface area contributed by atoms with E-state index in [4.69, 9.17) is 16.3 Å². The summed E-state index contributed by atoms with van der Waals surface area (Å²) in [6.07, 6.45) is 2.42. The molecule has 0 spiro atoms. The number of halogens is 1. The smallest absolute Gasteiger partial charge is 0.262 e. The van der Waals surface area contributed by atoms with Gasteiger partial charge >= 0.3 is 0 Å². The Balaban J connectivity index is 1.97. The third kappa shape index (κ3) is 3.47. The molecule has 0 saturated carbocycles. The molecule has 0 aliphatic heterocycles. The lowest BCUT2D eigenvalue weighted by Gasteiger charge is -2.06. The van der Waals surface area contributed by atoms with Crippen molar-refractivity contribution in [2.75, 3.05) is 13.2 Å². The van der Waals surface area contributed by atoms with Crippen molar-refractivity contribution < 1.29 is 4.74 Å². The van der Waals surface area contributed by atoms with E-state index in [0.29, 0.717) is 30.2 Å². The lowest BCUT2D eigenvalue weighted by molar-refractivity contribution is 0.141. The van der Waals surface area contributed by atoms with Crippen molar-refractivity contribution in [3.63, 3.8) is 0 Å². The zero-order chi connectivity index (χ0) is 16.2. The number of hydrogen-bond donors (Lipinski definition) is 0. The molecule has 2 heterocycles. The van der Waals surface area contributed by atoms with Gasteiger partial charge in [-0.3, -0.25) is 9.36 Å². The van der Waals surface area contributed by atoms with Crippen LogP contribution in [0.25, 0.3) is 21.3 Å². The summed E-state index contributed by atoms with van der Waals surface area (Å²) in [5, 5.41) is 3.34. The molecular weight excluding hydrogens is 332 g/mol. The first-order chi connectivity index (χ1) is 11.2. The Kier molecular flexibility index (Phi) is 5.10. The molecule has 4 nitrogen and oxygen atoms in total. The topological polar surface area (TPSA) is 44.1 Å². The largest absolute Gasteiger partial charge is 0.382 e. The Labute approximate surface area is 143 Å². The molecule has 0 aliphatic rings. The molecule has 0 atom stereocenters. The fraction of sp³-hybridized carbons (Fsp3) is 0.294. The van der Waals surface area contributed by atoms with Crippen LogP contribution >= 0.6 is 22.9 Å². The second kappa shape index (κ2) is 7.25.